The Bertz CT molecular complexity index is 445. The first kappa shape index (κ1) is 15.0. The van der Waals surface area contributed by atoms with Crippen molar-refractivity contribution in [1.29, 1.82) is 0 Å². The molecule has 0 spiro atoms. The molecule has 0 aromatic heterocycles. The quantitative estimate of drug-likeness (QED) is 0.890. The van der Waals surface area contributed by atoms with Crippen LogP contribution in [0.4, 0.5) is 5.69 Å². The summed E-state index contributed by atoms with van der Waals surface area (Å²) in [5, 5.41) is 13.0. The Morgan fingerprint density at radius 2 is 2.00 bits per heavy atom. The molecule has 1 aliphatic rings. The van der Waals surface area contributed by atoms with Crippen molar-refractivity contribution in [3.8, 4) is 0 Å². The van der Waals surface area contributed by atoms with Crippen LogP contribution in [0.2, 0.25) is 0 Å². The van der Waals surface area contributed by atoms with E-state index in [0.717, 1.165) is 38.0 Å². The molecule has 1 aliphatic heterocycles. The third-order valence-electron chi connectivity index (χ3n) is 4.07. The Labute approximate surface area is 120 Å². The lowest BCUT2D eigenvalue weighted by atomic mass is 9.98. The highest BCUT2D eigenvalue weighted by molar-refractivity contribution is 5.94. The summed E-state index contributed by atoms with van der Waals surface area (Å²) >= 11 is 0. The van der Waals surface area contributed by atoms with Gasteiger partial charge >= 0.3 is 0 Å². The molecular weight excluding hydrogens is 252 g/mol. The average molecular weight is 276 g/mol. The summed E-state index contributed by atoms with van der Waals surface area (Å²) in [6.45, 7) is 5.43. The summed E-state index contributed by atoms with van der Waals surface area (Å²) < 4.78 is 0. The zero-order valence-electron chi connectivity index (χ0n) is 12.3. The van der Waals surface area contributed by atoms with Gasteiger partial charge in [0.1, 0.15) is 0 Å². The molecule has 0 aliphatic carbocycles. The van der Waals surface area contributed by atoms with Gasteiger partial charge in [-0.1, -0.05) is 18.2 Å². The first-order valence-corrected chi connectivity index (χ1v) is 7.30. The van der Waals surface area contributed by atoms with Crippen LogP contribution in [0.1, 0.15) is 33.1 Å². The number of nitrogens with one attached hydrogen (secondary N) is 1. The Hall–Kier alpha value is -1.39. The molecule has 2 atom stereocenters. The van der Waals surface area contributed by atoms with Crippen molar-refractivity contribution < 1.29 is 9.90 Å². The third-order valence-corrected chi connectivity index (χ3v) is 4.07. The second-order valence-corrected chi connectivity index (χ2v) is 5.92. The average Bonchev–Trinajstić information content (AvgIpc) is 2.60. The van der Waals surface area contributed by atoms with Crippen LogP contribution in [0.3, 0.4) is 0 Å². The summed E-state index contributed by atoms with van der Waals surface area (Å²) in [4.78, 5) is 14.4. The molecule has 4 nitrogen and oxygen atoms in total. The SMILES string of the molecule is CC(C(=O)Nc1ccccc1)N1CCCC(C)(O)CC1. The molecule has 1 fully saturated rings. The second-order valence-electron chi connectivity index (χ2n) is 5.92. The van der Waals surface area contributed by atoms with Crippen LogP contribution in [0, 0.1) is 0 Å². The molecule has 110 valence electrons. The van der Waals surface area contributed by atoms with E-state index in [1.807, 2.05) is 44.2 Å². The normalized spacial score (nSPS) is 25.8. The number of nitrogens with zero attached hydrogens (tertiary/aromatic N) is 1. The number of rotatable bonds is 3. The molecule has 1 amide bonds. The number of hydrogen-bond acceptors (Lipinski definition) is 3. The fraction of sp³-hybridized carbons (Fsp3) is 0.562. The van der Waals surface area contributed by atoms with Gasteiger partial charge in [-0.25, -0.2) is 0 Å². The van der Waals surface area contributed by atoms with Crippen molar-refractivity contribution in [2.24, 2.45) is 0 Å². The zero-order valence-corrected chi connectivity index (χ0v) is 12.3. The molecule has 0 bridgehead atoms. The van der Waals surface area contributed by atoms with Crippen LogP contribution < -0.4 is 5.32 Å². The molecule has 2 N–H and O–H groups in total. The molecule has 2 rings (SSSR count). The van der Waals surface area contributed by atoms with Gasteiger partial charge in [-0.3, -0.25) is 9.69 Å². The van der Waals surface area contributed by atoms with Gasteiger partial charge in [-0.2, -0.15) is 0 Å². The van der Waals surface area contributed by atoms with Crippen molar-refractivity contribution in [2.75, 3.05) is 18.4 Å². The molecule has 1 heterocycles. The van der Waals surface area contributed by atoms with E-state index in [4.69, 9.17) is 0 Å². The van der Waals surface area contributed by atoms with Crippen molar-refractivity contribution in [3.05, 3.63) is 30.3 Å². The standard InChI is InChI=1S/C16H24N2O2/c1-13(15(19)17-14-7-4-3-5-8-14)18-11-6-9-16(2,20)10-12-18/h3-5,7-8,13,20H,6,9-12H2,1-2H3,(H,17,19). The van der Waals surface area contributed by atoms with Gasteiger partial charge in [0.05, 0.1) is 11.6 Å². The second kappa shape index (κ2) is 6.37. The van der Waals surface area contributed by atoms with Gasteiger partial charge in [0.2, 0.25) is 5.91 Å². The van der Waals surface area contributed by atoms with Crippen LogP contribution in [-0.4, -0.2) is 40.6 Å². The van der Waals surface area contributed by atoms with E-state index in [2.05, 4.69) is 10.2 Å². The fourth-order valence-electron chi connectivity index (χ4n) is 2.61. The Balaban J connectivity index is 1.93. The molecular formula is C16H24N2O2. The highest BCUT2D eigenvalue weighted by Crippen LogP contribution is 2.22. The van der Waals surface area contributed by atoms with Crippen LogP contribution in [-0.2, 0) is 4.79 Å². The molecule has 2 unspecified atom stereocenters. The number of carbonyl (C=O) groups excluding carboxylic acids is 1. The molecule has 20 heavy (non-hydrogen) atoms. The molecule has 0 radical (unpaired) electrons. The molecule has 4 heteroatoms. The minimum Gasteiger partial charge on any atom is -0.390 e. The maximum atomic E-state index is 12.3. The topological polar surface area (TPSA) is 52.6 Å². The van der Waals surface area contributed by atoms with Crippen LogP contribution >= 0.6 is 0 Å². The highest BCUT2D eigenvalue weighted by atomic mass is 16.3. The van der Waals surface area contributed by atoms with E-state index in [0.29, 0.717) is 0 Å². The summed E-state index contributed by atoms with van der Waals surface area (Å²) in [5.41, 5.74) is 0.232. The maximum absolute atomic E-state index is 12.3. The first-order valence-electron chi connectivity index (χ1n) is 7.30. The van der Waals surface area contributed by atoms with Crippen LogP contribution in [0.25, 0.3) is 0 Å². The Kier molecular flexibility index (Phi) is 4.78. The predicted molar refractivity (Wildman–Crippen MR) is 80.6 cm³/mol. The Morgan fingerprint density at radius 3 is 2.70 bits per heavy atom. The van der Waals surface area contributed by atoms with Gasteiger partial charge in [-0.15, -0.1) is 0 Å². The van der Waals surface area contributed by atoms with Crippen molar-refractivity contribution >= 4 is 11.6 Å². The van der Waals surface area contributed by atoms with Gasteiger partial charge in [-0.05, 0) is 51.8 Å². The molecule has 1 aromatic rings. The number of carbonyl (C=O) groups is 1. The van der Waals surface area contributed by atoms with E-state index in [1.54, 1.807) is 0 Å². The summed E-state index contributed by atoms with van der Waals surface area (Å²) in [6, 6.07) is 9.34. The summed E-state index contributed by atoms with van der Waals surface area (Å²) in [6.07, 6.45) is 2.45. The van der Waals surface area contributed by atoms with Crippen molar-refractivity contribution in [1.82, 2.24) is 4.90 Å². The zero-order chi connectivity index (χ0) is 14.6. The van der Waals surface area contributed by atoms with Crippen molar-refractivity contribution in [2.45, 2.75) is 44.8 Å². The van der Waals surface area contributed by atoms with Crippen LogP contribution in [0.15, 0.2) is 30.3 Å². The van der Waals surface area contributed by atoms with Gasteiger partial charge in [0.25, 0.3) is 0 Å². The van der Waals surface area contributed by atoms with E-state index in [-0.39, 0.29) is 11.9 Å². The van der Waals surface area contributed by atoms with Gasteiger partial charge < -0.3 is 10.4 Å². The lowest BCUT2D eigenvalue weighted by Crippen LogP contribution is -2.43. The number of hydrogen-bond donors (Lipinski definition) is 2. The fourth-order valence-corrected chi connectivity index (χ4v) is 2.61. The third kappa shape index (κ3) is 4.05. The van der Waals surface area contributed by atoms with Crippen molar-refractivity contribution in [3.63, 3.8) is 0 Å². The smallest absolute Gasteiger partial charge is 0.241 e. The number of benzene rings is 1. The number of likely N-dealkylation sites (tertiary alicyclic amines) is 1. The van der Waals surface area contributed by atoms with Gasteiger partial charge in [0, 0.05) is 12.2 Å². The molecule has 0 saturated carbocycles. The van der Waals surface area contributed by atoms with E-state index in [1.165, 1.54) is 0 Å². The monoisotopic (exact) mass is 276 g/mol. The lowest BCUT2D eigenvalue weighted by molar-refractivity contribution is -0.120. The van der Waals surface area contributed by atoms with Gasteiger partial charge in [0.15, 0.2) is 0 Å². The Morgan fingerprint density at radius 1 is 1.30 bits per heavy atom. The maximum Gasteiger partial charge on any atom is 0.241 e. The summed E-state index contributed by atoms with van der Waals surface area (Å²) in [5.74, 6) is 0.0118. The van der Waals surface area contributed by atoms with Crippen LogP contribution in [0.5, 0.6) is 0 Å². The predicted octanol–water partition coefficient (Wildman–Crippen LogP) is 2.25. The number of anilines is 1. The summed E-state index contributed by atoms with van der Waals surface area (Å²) in [7, 11) is 0. The number of aliphatic hydroxyl groups is 1. The number of para-hydroxylation sites is 1. The first-order chi connectivity index (χ1) is 9.48. The lowest BCUT2D eigenvalue weighted by Gasteiger charge is -2.27. The highest BCUT2D eigenvalue weighted by Gasteiger charge is 2.29. The van der Waals surface area contributed by atoms with E-state index in [9.17, 15) is 9.90 Å². The van der Waals surface area contributed by atoms with E-state index < -0.39 is 5.60 Å². The van der Waals surface area contributed by atoms with E-state index >= 15 is 0 Å². The minimum atomic E-state index is -0.593. The molecule has 1 saturated heterocycles. The minimum absolute atomic E-state index is 0.0118. The largest absolute Gasteiger partial charge is 0.390 e. The number of amides is 1. The molecule has 1 aromatic carbocycles.